The molecule has 0 amide bonds. The summed E-state index contributed by atoms with van der Waals surface area (Å²) in [4.78, 5) is 53.2. The van der Waals surface area contributed by atoms with Crippen LogP contribution in [0.15, 0.2) is 104 Å². The first-order valence-corrected chi connectivity index (χ1v) is 21.8. The van der Waals surface area contributed by atoms with Crippen LogP contribution >= 0.6 is 0 Å². The van der Waals surface area contributed by atoms with E-state index in [2.05, 4.69) is 27.4 Å². The zero-order valence-corrected chi connectivity index (χ0v) is 41.5. The molecule has 1 aliphatic heterocycles. The molecule has 12 nitrogen and oxygen atoms in total. The molecular weight excluding hydrogens is 950 g/mol. The average molecular weight is 1020 g/mol. The van der Waals surface area contributed by atoms with Crippen LogP contribution in [0.4, 0.5) is 30.7 Å². The zero-order valence-electron chi connectivity index (χ0n) is 41.5. The minimum absolute atomic E-state index is 0.0742. The summed E-state index contributed by atoms with van der Waals surface area (Å²) in [5.41, 5.74) is 0.736. The quantitative estimate of drug-likeness (QED) is 0.0335. The zero-order chi connectivity index (χ0) is 54.8. The molecule has 71 heavy (non-hydrogen) atoms. The van der Waals surface area contributed by atoms with Crippen LogP contribution in [0.3, 0.4) is 0 Å². The fraction of sp³-hybridized carbons (Fsp3) is 0.365. The summed E-state index contributed by atoms with van der Waals surface area (Å²) in [6.45, 7) is 24.2. The van der Waals surface area contributed by atoms with Gasteiger partial charge in [-0.25, -0.2) is 41.5 Å². The third-order valence-electron chi connectivity index (χ3n) is 7.17. The molecule has 0 spiro atoms. The van der Waals surface area contributed by atoms with Crippen molar-refractivity contribution in [3.8, 4) is 0 Å². The van der Waals surface area contributed by atoms with Crippen LogP contribution in [0.5, 0.6) is 0 Å². The van der Waals surface area contributed by atoms with Crippen molar-refractivity contribution in [1.82, 2.24) is 0 Å². The second-order valence-electron chi connectivity index (χ2n) is 13.2. The number of hydrogen-bond donors (Lipinski definition) is 0. The summed E-state index contributed by atoms with van der Waals surface area (Å²) in [7, 11) is 0. The lowest BCUT2D eigenvalue weighted by Crippen LogP contribution is -2.04. The minimum atomic E-state index is -4.00. The van der Waals surface area contributed by atoms with E-state index in [-0.39, 0.29) is 37.4 Å². The molecular formula is C52H65F7O12. The third-order valence-corrected chi connectivity index (χ3v) is 7.17. The summed E-state index contributed by atoms with van der Waals surface area (Å²) in [6, 6.07) is 19.3. The van der Waals surface area contributed by atoms with Gasteiger partial charge in [-0.05, 0) is 84.7 Å². The Bertz CT molecular complexity index is 2000. The Morgan fingerprint density at radius 2 is 0.944 bits per heavy atom. The molecule has 394 valence electrons. The molecule has 0 bridgehead atoms. The van der Waals surface area contributed by atoms with E-state index >= 15 is 0 Å². The third kappa shape index (κ3) is 40.7. The second kappa shape index (κ2) is 42.1. The highest BCUT2D eigenvalue weighted by atomic mass is 19.4. The smallest absolute Gasteiger partial charge is 0.386 e. The van der Waals surface area contributed by atoms with Gasteiger partial charge in [0.15, 0.2) is 23.3 Å². The van der Waals surface area contributed by atoms with E-state index in [9.17, 15) is 54.7 Å². The molecule has 1 fully saturated rings. The van der Waals surface area contributed by atoms with Crippen molar-refractivity contribution in [2.75, 3.05) is 52.9 Å². The number of epoxide rings is 1. The van der Waals surface area contributed by atoms with Gasteiger partial charge in [0.05, 0.1) is 51.8 Å². The lowest BCUT2D eigenvalue weighted by molar-refractivity contribution is -0.139. The molecule has 0 radical (unpaired) electrons. The Kier molecular flexibility index (Phi) is 40.5. The SMILES string of the molecule is C=C(C)C(=O)OCC.C=CC(=O)OCC.CC(F)(F)F.CCOC(=O)/C=C\c1c(F)c(F)c(C)c(F)c1F.CCOC(=O)/C=C\c1ccccc1.CCOC(=O)/C=C\c1ccccc1.CCOCC1CO1. The van der Waals surface area contributed by atoms with Gasteiger partial charge in [-0.1, -0.05) is 73.8 Å². The van der Waals surface area contributed by atoms with Gasteiger partial charge in [0.2, 0.25) is 0 Å². The largest absolute Gasteiger partial charge is 0.463 e. The van der Waals surface area contributed by atoms with Gasteiger partial charge in [0.1, 0.15) is 6.10 Å². The summed E-state index contributed by atoms with van der Waals surface area (Å²) in [5.74, 6) is -8.21. The topological polar surface area (TPSA) is 153 Å². The number of hydrogen-bond acceptors (Lipinski definition) is 12. The molecule has 1 unspecified atom stereocenters. The Labute approximate surface area is 411 Å². The highest BCUT2D eigenvalue weighted by molar-refractivity contribution is 5.88. The number of carbonyl (C=O) groups is 5. The van der Waals surface area contributed by atoms with Gasteiger partial charge in [0, 0.05) is 49.0 Å². The number of carbonyl (C=O) groups excluding carboxylic acids is 5. The van der Waals surface area contributed by atoms with E-state index in [0.717, 1.165) is 43.9 Å². The maximum atomic E-state index is 13.4. The number of ether oxygens (including phenoxy) is 7. The van der Waals surface area contributed by atoms with Crippen molar-refractivity contribution in [3.63, 3.8) is 0 Å². The molecule has 1 aliphatic rings. The molecule has 1 heterocycles. The Balaban J connectivity index is -0.000000791. The number of esters is 5. The first-order chi connectivity index (χ1) is 33.5. The van der Waals surface area contributed by atoms with Gasteiger partial charge in [0.25, 0.3) is 0 Å². The predicted molar refractivity (Wildman–Crippen MR) is 257 cm³/mol. The lowest BCUT2D eigenvalue weighted by atomic mass is 10.1. The first-order valence-electron chi connectivity index (χ1n) is 21.8. The van der Waals surface area contributed by atoms with E-state index in [1.165, 1.54) is 19.1 Å². The van der Waals surface area contributed by atoms with E-state index in [0.29, 0.717) is 50.3 Å². The fourth-order valence-electron chi connectivity index (χ4n) is 3.95. The maximum Gasteiger partial charge on any atom is 0.386 e. The molecule has 0 saturated carbocycles. The summed E-state index contributed by atoms with van der Waals surface area (Å²) < 4.78 is 117. The Morgan fingerprint density at radius 3 is 1.21 bits per heavy atom. The van der Waals surface area contributed by atoms with Crippen molar-refractivity contribution in [1.29, 1.82) is 0 Å². The van der Waals surface area contributed by atoms with Crippen molar-refractivity contribution in [2.45, 2.75) is 74.6 Å². The monoisotopic (exact) mass is 1010 g/mol. The first kappa shape index (κ1) is 68.4. The van der Waals surface area contributed by atoms with Gasteiger partial charge in [-0.15, -0.1) is 0 Å². The second-order valence-corrected chi connectivity index (χ2v) is 13.2. The maximum absolute atomic E-state index is 13.4. The molecule has 0 aliphatic carbocycles. The van der Waals surface area contributed by atoms with Crippen LogP contribution < -0.4 is 0 Å². The van der Waals surface area contributed by atoms with Crippen molar-refractivity contribution >= 4 is 48.1 Å². The van der Waals surface area contributed by atoms with E-state index in [1.54, 1.807) is 46.8 Å². The van der Waals surface area contributed by atoms with Crippen LogP contribution in [0, 0.1) is 30.2 Å². The molecule has 4 rings (SSSR count). The Morgan fingerprint density at radius 1 is 0.606 bits per heavy atom. The summed E-state index contributed by atoms with van der Waals surface area (Å²) in [6.07, 6.45) is 5.23. The number of halogens is 7. The highest BCUT2D eigenvalue weighted by Gasteiger charge is 2.22. The minimum Gasteiger partial charge on any atom is -0.463 e. The average Bonchev–Trinajstić information content (AvgIpc) is 4.17. The number of rotatable bonds is 16. The van der Waals surface area contributed by atoms with Gasteiger partial charge >= 0.3 is 36.0 Å². The molecule has 0 N–H and O–H groups in total. The van der Waals surface area contributed by atoms with Gasteiger partial charge in [-0.3, -0.25) is 0 Å². The van der Waals surface area contributed by atoms with Gasteiger partial charge in [-0.2, -0.15) is 13.2 Å². The fourth-order valence-corrected chi connectivity index (χ4v) is 3.95. The van der Waals surface area contributed by atoms with Crippen molar-refractivity contribution < 1.29 is 87.9 Å². The molecule has 3 aromatic carbocycles. The van der Waals surface area contributed by atoms with Gasteiger partial charge < -0.3 is 33.2 Å². The van der Waals surface area contributed by atoms with Crippen LogP contribution in [-0.2, 0) is 57.1 Å². The number of benzene rings is 3. The van der Waals surface area contributed by atoms with Crippen molar-refractivity contribution in [3.05, 3.63) is 149 Å². The van der Waals surface area contributed by atoms with Crippen LogP contribution in [0.2, 0.25) is 0 Å². The normalized spacial score (nSPS) is 11.8. The molecule has 0 aromatic heterocycles. The predicted octanol–water partition coefficient (Wildman–Crippen LogP) is 11.5. The van der Waals surface area contributed by atoms with E-state index < -0.39 is 46.5 Å². The van der Waals surface area contributed by atoms with Crippen LogP contribution in [0.1, 0.15) is 77.6 Å². The van der Waals surface area contributed by atoms with Crippen molar-refractivity contribution in [2.24, 2.45) is 0 Å². The molecule has 1 atom stereocenters. The Hall–Kier alpha value is -6.86. The highest BCUT2D eigenvalue weighted by Crippen LogP contribution is 2.24. The molecule has 3 aromatic rings. The lowest BCUT2D eigenvalue weighted by Gasteiger charge is -2.06. The summed E-state index contributed by atoms with van der Waals surface area (Å²) >= 11 is 0. The number of alkyl halides is 3. The molecule has 19 heteroatoms. The standard InChI is InChI=1S/C12H10F4O2.2C11H12O2.C6H10O2.C5H10O2.C5H8O2.C2H3F3/c1-3-18-8(17)5-4-7-11(15)9(13)6(2)10(14)12(7)16;2*1-2-13-11(12)9-8-10-6-4-3-5-7-10;1-4-8-6(7)5(2)3;1-2-6-3-5-4-7-5;1-3-5(6)7-4-2;1-2(3,4)5/h4-5H,3H2,1-2H3;2*3-9H,2H2,1H3;2,4H2,1,3H3;5H,2-4H2,1H3;3H,1,4H2,2H3;1H3/b5-4-;2*9-8-;;;;. The molecule has 1 saturated heterocycles. The van der Waals surface area contributed by atoms with E-state index in [1.807, 2.05) is 67.6 Å². The van der Waals surface area contributed by atoms with E-state index in [4.69, 9.17) is 18.9 Å². The van der Waals surface area contributed by atoms with Crippen LogP contribution in [-0.4, -0.2) is 95.0 Å². The summed E-state index contributed by atoms with van der Waals surface area (Å²) in [5, 5.41) is 0. The van der Waals surface area contributed by atoms with Crippen LogP contribution in [0.25, 0.3) is 18.2 Å².